The zero-order chi connectivity index (χ0) is 13.4. The Morgan fingerprint density at radius 2 is 2.11 bits per heavy atom. The summed E-state index contributed by atoms with van der Waals surface area (Å²) in [5.41, 5.74) is 0.287. The van der Waals surface area contributed by atoms with Gasteiger partial charge in [0.2, 0.25) is 0 Å². The monoisotopic (exact) mass is 251 g/mol. The van der Waals surface area contributed by atoms with Crippen molar-refractivity contribution >= 4 is 5.91 Å². The smallest absolute Gasteiger partial charge is 0.271 e. The van der Waals surface area contributed by atoms with Crippen LogP contribution in [0.15, 0.2) is 18.6 Å². The number of aromatic nitrogens is 2. The van der Waals surface area contributed by atoms with E-state index < -0.39 is 0 Å². The highest BCUT2D eigenvalue weighted by Gasteiger charge is 2.26. The summed E-state index contributed by atoms with van der Waals surface area (Å²) >= 11 is 0. The van der Waals surface area contributed by atoms with Gasteiger partial charge in [0.25, 0.3) is 5.91 Å². The van der Waals surface area contributed by atoms with E-state index in [4.69, 9.17) is 5.11 Å². The topological polar surface area (TPSA) is 75.1 Å². The molecule has 0 aliphatic rings. The molecule has 1 rings (SSSR count). The molecule has 100 valence electrons. The highest BCUT2D eigenvalue weighted by Crippen LogP contribution is 2.29. The second-order valence-corrected chi connectivity index (χ2v) is 4.45. The molecule has 0 bridgehead atoms. The highest BCUT2D eigenvalue weighted by atomic mass is 16.3. The maximum Gasteiger partial charge on any atom is 0.271 e. The second kappa shape index (κ2) is 7.06. The number of amides is 1. The molecule has 18 heavy (non-hydrogen) atoms. The predicted molar refractivity (Wildman–Crippen MR) is 69.1 cm³/mol. The van der Waals surface area contributed by atoms with Gasteiger partial charge in [-0.2, -0.15) is 0 Å². The van der Waals surface area contributed by atoms with Crippen LogP contribution in [-0.4, -0.2) is 34.1 Å². The van der Waals surface area contributed by atoms with Crippen molar-refractivity contribution in [1.82, 2.24) is 15.3 Å². The Morgan fingerprint density at radius 3 is 2.61 bits per heavy atom. The van der Waals surface area contributed by atoms with E-state index in [1.165, 1.54) is 18.6 Å². The molecule has 1 aromatic rings. The van der Waals surface area contributed by atoms with Crippen LogP contribution in [0.4, 0.5) is 0 Å². The lowest BCUT2D eigenvalue weighted by Gasteiger charge is -2.31. The SMILES string of the molecule is CCC(CC)(CCO)CNC(=O)c1cnccn1. The Kier molecular flexibility index (Phi) is 5.71. The second-order valence-electron chi connectivity index (χ2n) is 4.45. The Labute approximate surface area is 108 Å². The lowest BCUT2D eigenvalue weighted by Crippen LogP contribution is -2.38. The molecule has 0 atom stereocenters. The number of aliphatic hydroxyl groups excluding tert-OH is 1. The van der Waals surface area contributed by atoms with Crippen LogP contribution in [0, 0.1) is 5.41 Å². The zero-order valence-corrected chi connectivity index (χ0v) is 11.0. The van der Waals surface area contributed by atoms with E-state index in [0.717, 1.165) is 12.8 Å². The minimum Gasteiger partial charge on any atom is -0.396 e. The summed E-state index contributed by atoms with van der Waals surface area (Å²) in [6.07, 6.45) is 7.01. The van der Waals surface area contributed by atoms with Crippen LogP contribution in [0.2, 0.25) is 0 Å². The molecule has 1 amide bonds. The van der Waals surface area contributed by atoms with Crippen molar-refractivity contribution in [3.63, 3.8) is 0 Å². The standard InChI is InChI=1S/C13H21N3O2/c1-3-13(4-2,5-8-17)10-16-12(18)11-9-14-6-7-15-11/h6-7,9,17H,3-5,8,10H2,1-2H3,(H,16,18). The van der Waals surface area contributed by atoms with Crippen molar-refractivity contribution < 1.29 is 9.90 Å². The third kappa shape index (κ3) is 3.77. The number of nitrogens with one attached hydrogen (secondary N) is 1. The molecule has 0 saturated heterocycles. The summed E-state index contributed by atoms with van der Waals surface area (Å²) in [6, 6.07) is 0. The molecule has 0 aliphatic carbocycles. The molecule has 0 unspecified atom stereocenters. The quantitative estimate of drug-likeness (QED) is 0.768. The molecule has 1 heterocycles. The number of carbonyl (C=O) groups excluding carboxylic acids is 1. The molecule has 0 spiro atoms. The third-order valence-corrected chi connectivity index (χ3v) is 3.56. The van der Waals surface area contributed by atoms with Crippen LogP contribution < -0.4 is 5.32 Å². The minimum absolute atomic E-state index is 0.0351. The number of nitrogens with zero attached hydrogens (tertiary/aromatic N) is 2. The summed E-state index contributed by atoms with van der Waals surface area (Å²) in [7, 11) is 0. The van der Waals surface area contributed by atoms with Gasteiger partial charge < -0.3 is 10.4 Å². The van der Waals surface area contributed by atoms with Gasteiger partial charge in [-0.1, -0.05) is 13.8 Å². The van der Waals surface area contributed by atoms with E-state index in [-0.39, 0.29) is 17.9 Å². The van der Waals surface area contributed by atoms with Gasteiger partial charge in [0.1, 0.15) is 5.69 Å². The van der Waals surface area contributed by atoms with E-state index in [0.29, 0.717) is 18.7 Å². The maximum absolute atomic E-state index is 11.9. The first-order valence-electron chi connectivity index (χ1n) is 6.32. The van der Waals surface area contributed by atoms with Crippen LogP contribution in [0.1, 0.15) is 43.6 Å². The van der Waals surface area contributed by atoms with Gasteiger partial charge in [-0.15, -0.1) is 0 Å². The fraction of sp³-hybridized carbons (Fsp3) is 0.615. The highest BCUT2D eigenvalue weighted by molar-refractivity contribution is 5.91. The zero-order valence-electron chi connectivity index (χ0n) is 11.0. The Bertz CT molecular complexity index is 364. The molecule has 0 radical (unpaired) electrons. The van der Waals surface area contributed by atoms with Gasteiger partial charge in [-0.05, 0) is 24.7 Å². The van der Waals surface area contributed by atoms with Crippen molar-refractivity contribution in [2.45, 2.75) is 33.1 Å². The fourth-order valence-corrected chi connectivity index (χ4v) is 1.95. The van der Waals surface area contributed by atoms with E-state index in [1.54, 1.807) is 0 Å². The van der Waals surface area contributed by atoms with Crippen molar-refractivity contribution in [2.75, 3.05) is 13.2 Å². The lowest BCUT2D eigenvalue weighted by atomic mass is 9.79. The number of hydrogen-bond acceptors (Lipinski definition) is 4. The Morgan fingerprint density at radius 1 is 1.39 bits per heavy atom. The van der Waals surface area contributed by atoms with Crippen LogP contribution in [0.3, 0.4) is 0 Å². The average Bonchev–Trinajstić information content (AvgIpc) is 2.44. The van der Waals surface area contributed by atoms with Gasteiger partial charge >= 0.3 is 0 Å². The molecular weight excluding hydrogens is 230 g/mol. The van der Waals surface area contributed by atoms with E-state index in [9.17, 15) is 4.79 Å². The van der Waals surface area contributed by atoms with Crippen molar-refractivity contribution in [3.8, 4) is 0 Å². The molecule has 0 aromatic carbocycles. The number of hydrogen-bond donors (Lipinski definition) is 2. The molecule has 5 nitrogen and oxygen atoms in total. The van der Waals surface area contributed by atoms with Gasteiger partial charge in [-0.3, -0.25) is 9.78 Å². The van der Waals surface area contributed by atoms with Crippen molar-refractivity contribution in [1.29, 1.82) is 0 Å². The van der Waals surface area contributed by atoms with Crippen LogP contribution in [0.25, 0.3) is 0 Å². The predicted octanol–water partition coefficient (Wildman–Crippen LogP) is 1.40. The summed E-state index contributed by atoms with van der Waals surface area (Å²) < 4.78 is 0. The third-order valence-electron chi connectivity index (χ3n) is 3.56. The van der Waals surface area contributed by atoms with Gasteiger partial charge in [0, 0.05) is 25.5 Å². The Hall–Kier alpha value is -1.49. The van der Waals surface area contributed by atoms with Crippen LogP contribution >= 0.6 is 0 Å². The van der Waals surface area contributed by atoms with Gasteiger partial charge in [-0.25, -0.2) is 4.98 Å². The maximum atomic E-state index is 11.9. The summed E-state index contributed by atoms with van der Waals surface area (Å²) in [5, 5.41) is 12.0. The summed E-state index contributed by atoms with van der Waals surface area (Å²) in [6.45, 7) is 4.85. The first kappa shape index (κ1) is 14.6. The molecular formula is C13H21N3O2. The molecule has 1 aromatic heterocycles. The molecule has 0 saturated carbocycles. The first-order valence-corrected chi connectivity index (χ1v) is 6.32. The van der Waals surface area contributed by atoms with Crippen molar-refractivity contribution in [2.24, 2.45) is 5.41 Å². The largest absolute Gasteiger partial charge is 0.396 e. The van der Waals surface area contributed by atoms with E-state index in [2.05, 4.69) is 29.1 Å². The van der Waals surface area contributed by atoms with E-state index in [1.807, 2.05) is 0 Å². The number of rotatable bonds is 7. The summed E-state index contributed by atoms with van der Waals surface area (Å²) in [5.74, 6) is -0.215. The summed E-state index contributed by atoms with van der Waals surface area (Å²) in [4.78, 5) is 19.7. The lowest BCUT2D eigenvalue weighted by molar-refractivity contribution is 0.0902. The minimum atomic E-state index is -0.215. The first-order chi connectivity index (χ1) is 8.67. The normalized spacial score (nSPS) is 11.3. The van der Waals surface area contributed by atoms with E-state index >= 15 is 0 Å². The number of aliphatic hydroxyl groups is 1. The van der Waals surface area contributed by atoms with Gasteiger partial charge in [0.15, 0.2) is 0 Å². The molecule has 0 fully saturated rings. The fourth-order valence-electron chi connectivity index (χ4n) is 1.95. The molecule has 2 N–H and O–H groups in total. The molecule has 5 heteroatoms. The van der Waals surface area contributed by atoms with Crippen LogP contribution in [-0.2, 0) is 0 Å². The van der Waals surface area contributed by atoms with Crippen molar-refractivity contribution in [3.05, 3.63) is 24.3 Å². The number of carbonyl (C=O) groups is 1. The Balaban J connectivity index is 2.60. The van der Waals surface area contributed by atoms with Crippen LogP contribution in [0.5, 0.6) is 0 Å². The molecule has 0 aliphatic heterocycles. The average molecular weight is 251 g/mol. The van der Waals surface area contributed by atoms with Gasteiger partial charge in [0.05, 0.1) is 6.20 Å².